The van der Waals surface area contributed by atoms with Crippen molar-refractivity contribution >= 4 is 5.97 Å². The predicted molar refractivity (Wildman–Crippen MR) is 56.4 cm³/mol. The molecule has 1 saturated carbocycles. The van der Waals surface area contributed by atoms with Crippen LogP contribution in [0.15, 0.2) is 0 Å². The Kier molecular flexibility index (Phi) is 4.41. The Morgan fingerprint density at radius 1 is 1.41 bits per heavy atom. The van der Waals surface area contributed by atoms with Crippen LogP contribution in [0.5, 0.6) is 0 Å². The smallest absolute Gasteiger partial charge is 0.401 e. The summed E-state index contributed by atoms with van der Waals surface area (Å²) >= 11 is 0. The number of carbonyl (C=O) groups is 1. The van der Waals surface area contributed by atoms with Gasteiger partial charge in [-0.15, -0.1) is 0 Å². The molecule has 1 N–H and O–H groups in total. The molecule has 17 heavy (non-hydrogen) atoms. The molecule has 0 atom stereocenters. The topological polar surface area (TPSA) is 38.3 Å². The maximum Gasteiger partial charge on any atom is 0.401 e. The van der Waals surface area contributed by atoms with Crippen LogP contribution in [0.4, 0.5) is 13.2 Å². The van der Waals surface area contributed by atoms with Gasteiger partial charge in [0.1, 0.15) is 5.54 Å². The first-order valence-electron chi connectivity index (χ1n) is 5.69. The molecule has 100 valence electrons. The SMILES string of the molecule is COC(=O)C1(NCC(F)(F)F)CCC(C)CC1. The van der Waals surface area contributed by atoms with Crippen molar-refractivity contribution < 1.29 is 22.7 Å². The highest BCUT2D eigenvalue weighted by Crippen LogP contribution is 2.33. The number of halogens is 3. The van der Waals surface area contributed by atoms with E-state index in [4.69, 9.17) is 0 Å². The fourth-order valence-electron chi connectivity index (χ4n) is 2.17. The number of hydrogen-bond acceptors (Lipinski definition) is 3. The molecule has 0 aromatic heterocycles. The molecule has 0 heterocycles. The second-order valence-corrected chi connectivity index (χ2v) is 4.72. The number of alkyl halides is 3. The van der Waals surface area contributed by atoms with Crippen molar-refractivity contribution in [3.63, 3.8) is 0 Å². The van der Waals surface area contributed by atoms with Crippen LogP contribution in [-0.2, 0) is 9.53 Å². The number of hydrogen-bond donors (Lipinski definition) is 1. The van der Waals surface area contributed by atoms with Gasteiger partial charge in [0, 0.05) is 0 Å². The molecule has 0 radical (unpaired) electrons. The molecule has 0 bridgehead atoms. The minimum atomic E-state index is -4.32. The zero-order valence-corrected chi connectivity index (χ0v) is 10.1. The molecule has 0 unspecified atom stereocenters. The van der Waals surface area contributed by atoms with Crippen LogP contribution < -0.4 is 5.32 Å². The van der Waals surface area contributed by atoms with Crippen molar-refractivity contribution in [2.24, 2.45) is 5.92 Å². The van der Waals surface area contributed by atoms with Gasteiger partial charge in [-0.25, -0.2) is 0 Å². The Balaban J connectivity index is 2.70. The highest BCUT2D eigenvalue weighted by molar-refractivity contribution is 5.80. The lowest BCUT2D eigenvalue weighted by Gasteiger charge is -2.37. The molecule has 0 spiro atoms. The first-order chi connectivity index (χ1) is 7.79. The standard InChI is InChI=1S/C11H18F3NO2/c1-8-3-5-10(6-4-8,9(16)17-2)15-7-11(12,13)14/h8,15H,3-7H2,1-2H3. The van der Waals surface area contributed by atoms with E-state index in [1.807, 2.05) is 6.92 Å². The Morgan fingerprint density at radius 3 is 2.35 bits per heavy atom. The van der Waals surface area contributed by atoms with Crippen molar-refractivity contribution in [1.29, 1.82) is 0 Å². The van der Waals surface area contributed by atoms with Gasteiger partial charge in [0.05, 0.1) is 13.7 Å². The summed E-state index contributed by atoms with van der Waals surface area (Å²) in [5.74, 6) is -0.144. The lowest BCUT2D eigenvalue weighted by atomic mass is 9.77. The predicted octanol–water partition coefficient (Wildman–Crippen LogP) is 2.26. The molecule has 0 aromatic rings. The average Bonchev–Trinajstić information content (AvgIpc) is 2.27. The van der Waals surface area contributed by atoms with Crippen molar-refractivity contribution in [2.45, 2.75) is 44.3 Å². The minimum absolute atomic E-state index is 0.400. The largest absolute Gasteiger partial charge is 0.468 e. The second kappa shape index (κ2) is 5.25. The highest BCUT2D eigenvalue weighted by Gasteiger charge is 2.44. The first-order valence-corrected chi connectivity index (χ1v) is 5.69. The van der Waals surface area contributed by atoms with E-state index in [1.165, 1.54) is 7.11 Å². The summed E-state index contributed by atoms with van der Waals surface area (Å²) < 4.78 is 41.3. The van der Waals surface area contributed by atoms with Crippen molar-refractivity contribution in [3.05, 3.63) is 0 Å². The summed E-state index contributed by atoms with van der Waals surface area (Å²) in [6.07, 6.45) is -2.04. The van der Waals surface area contributed by atoms with Crippen molar-refractivity contribution in [1.82, 2.24) is 5.32 Å². The molecule has 0 saturated heterocycles. The van der Waals surface area contributed by atoms with Gasteiger partial charge >= 0.3 is 12.1 Å². The molecular weight excluding hydrogens is 235 g/mol. The monoisotopic (exact) mass is 253 g/mol. The number of esters is 1. The number of nitrogens with one attached hydrogen (secondary N) is 1. The van der Waals surface area contributed by atoms with E-state index in [0.717, 1.165) is 12.8 Å². The Morgan fingerprint density at radius 2 is 1.94 bits per heavy atom. The van der Waals surface area contributed by atoms with Gasteiger partial charge in [-0.3, -0.25) is 10.1 Å². The Labute approximate surface area is 98.7 Å². The van der Waals surface area contributed by atoms with Crippen LogP contribution in [0.25, 0.3) is 0 Å². The molecule has 3 nitrogen and oxygen atoms in total. The maximum atomic E-state index is 12.2. The van der Waals surface area contributed by atoms with E-state index in [9.17, 15) is 18.0 Å². The fourth-order valence-corrected chi connectivity index (χ4v) is 2.17. The molecule has 1 rings (SSSR count). The molecule has 6 heteroatoms. The van der Waals surface area contributed by atoms with E-state index < -0.39 is 24.2 Å². The van der Waals surface area contributed by atoms with E-state index in [-0.39, 0.29) is 0 Å². The van der Waals surface area contributed by atoms with Crippen LogP contribution in [0.1, 0.15) is 32.6 Å². The number of ether oxygens (including phenoxy) is 1. The number of rotatable bonds is 3. The third-order valence-electron chi connectivity index (χ3n) is 3.33. The van der Waals surface area contributed by atoms with Gasteiger partial charge in [-0.1, -0.05) is 6.92 Å². The molecule has 1 aliphatic rings. The van der Waals surface area contributed by atoms with Gasteiger partial charge < -0.3 is 4.74 Å². The van der Waals surface area contributed by atoms with Crippen LogP contribution in [0.3, 0.4) is 0 Å². The summed E-state index contributed by atoms with van der Waals surface area (Å²) in [7, 11) is 1.21. The lowest BCUT2D eigenvalue weighted by molar-refractivity contribution is -0.155. The van der Waals surface area contributed by atoms with Crippen molar-refractivity contribution in [2.75, 3.05) is 13.7 Å². The molecule has 0 amide bonds. The summed E-state index contributed by atoms with van der Waals surface area (Å²) in [5.41, 5.74) is -1.16. The first kappa shape index (κ1) is 14.3. The molecule has 1 fully saturated rings. The third-order valence-corrected chi connectivity index (χ3v) is 3.33. The van der Waals surface area contributed by atoms with Crippen LogP contribution in [-0.4, -0.2) is 31.3 Å². The summed E-state index contributed by atoms with van der Waals surface area (Å²) in [6.45, 7) is 0.876. The van der Waals surface area contributed by atoms with Gasteiger partial charge in [0.15, 0.2) is 0 Å². The normalized spacial score (nSPS) is 30.1. The highest BCUT2D eigenvalue weighted by atomic mass is 19.4. The van der Waals surface area contributed by atoms with Gasteiger partial charge in [0.25, 0.3) is 0 Å². The third kappa shape index (κ3) is 3.87. The van der Waals surface area contributed by atoms with Gasteiger partial charge in [-0.05, 0) is 31.6 Å². The van der Waals surface area contributed by atoms with Crippen LogP contribution in [0.2, 0.25) is 0 Å². The zero-order chi connectivity index (χ0) is 13.1. The molecule has 1 aliphatic carbocycles. The zero-order valence-electron chi connectivity index (χ0n) is 10.1. The lowest BCUT2D eigenvalue weighted by Crippen LogP contribution is -2.56. The average molecular weight is 253 g/mol. The van der Waals surface area contributed by atoms with E-state index >= 15 is 0 Å². The summed E-state index contributed by atoms with van der Waals surface area (Å²) in [4.78, 5) is 11.7. The summed E-state index contributed by atoms with van der Waals surface area (Å²) in [6, 6.07) is 0. The van der Waals surface area contributed by atoms with Crippen LogP contribution in [0, 0.1) is 5.92 Å². The van der Waals surface area contributed by atoms with Gasteiger partial charge in [0.2, 0.25) is 0 Å². The Bertz CT molecular complexity index is 270. The van der Waals surface area contributed by atoms with E-state index in [0.29, 0.717) is 18.8 Å². The minimum Gasteiger partial charge on any atom is -0.468 e. The van der Waals surface area contributed by atoms with Crippen LogP contribution >= 0.6 is 0 Å². The maximum absolute atomic E-state index is 12.2. The second-order valence-electron chi connectivity index (χ2n) is 4.72. The molecule has 0 aliphatic heterocycles. The molecule has 0 aromatic carbocycles. The van der Waals surface area contributed by atoms with E-state index in [1.54, 1.807) is 0 Å². The van der Waals surface area contributed by atoms with Gasteiger partial charge in [-0.2, -0.15) is 13.2 Å². The van der Waals surface area contributed by atoms with E-state index in [2.05, 4.69) is 10.1 Å². The quantitative estimate of drug-likeness (QED) is 0.784. The number of carbonyl (C=O) groups excluding carboxylic acids is 1. The molecular formula is C11H18F3NO2. The van der Waals surface area contributed by atoms with Crippen molar-refractivity contribution in [3.8, 4) is 0 Å². The fraction of sp³-hybridized carbons (Fsp3) is 0.909. The number of methoxy groups -OCH3 is 1. The summed E-state index contributed by atoms with van der Waals surface area (Å²) in [5, 5.41) is 2.35. The Hall–Kier alpha value is -0.780.